The van der Waals surface area contributed by atoms with Gasteiger partial charge >= 0.3 is 5.24 Å². The normalized spacial score (nSPS) is 16.2. The van der Waals surface area contributed by atoms with Gasteiger partial charge in [-0.2, -0.15) is 4.99 Å². The molecule has 1 atom stereocenters. The van der Waals surface area contributed by atoms with Crippen LogP contribution in [0.4, 0.5) is 4.79 Å². The maximum Gasteiger partial charge on any atom is 0.308 e. The van der Waals surface area contributed by atoms with Crippen molar-refractivity contribution in [1.82, 2.24) is 9.55 Å². The number of nitrogens with zero attached hydrogens (tertiary/aromatic N) is 3. The van der Waals surface area contributed by atoms with Gasteiger partial charge in [0.15, 0.2) is 0 Å². The highest BCUT2D eigenvalue weighted by molar-refractivity contribution is 8.15. The molecule has 1 aromatic heterocycles. The number of aryl methyl sites for hydroxylation is 1. The van der Waals surface area contributed by atoms with Crippen LogP contribution in [0.15, 0.2) is 47.5 Å². The molecule has 1 aliphatic heterocycles. The Bertz CT molecular complexity index is 1080. The number of hydrogen-bond donors (Lipinski definition) is 0. The second-order valence-electron chi connectivity index (χ2n) is 6.61. The molecule has 0 radical (unpaired) electrons. The first-order valence-electron chi connectivity index (χ1n) is 9.11. The summed E-state index contributed by atoms with van der Waals surface area (Å²) in [7, 11) is 5.16. The number of rotatable bonds is 6. The summed E-state index contributed by atoms with van der Waals surface area (Å²) in [5.41, 5.74) is 2.99. The SMILES string of the molecule is COC1=NC(=O)SC1Cc1ccc(OCc2nc3ccc(OC)cc3n2C)cc1. The average molecular weight is 411 g/mol. The van der Waals surface area contributed by atoms with Gasteiger partial charge in [0.05, 0.1) is 30.5 Å². The minimum atomic E-state index is -0.202. The van der Waals surface area contributed by atoms with E-state index in [0.717, 1.165) is 33.9 Å². The molecule has 1 aliphatic rings. The summed E-state index contributed by atoms with van der Waals surface area (Å²) >= 11 is 1.19. The van der Waals surface area contributed by atoms with Gasteiger partial charge in [-0.05, 0) is 48.0 Å². The molecule has 7 nitrogen and oxygen atoms in total. The molecule has 0 aliphatic carbocycles. The molecule has 2 aromatic carbocycles. The molecule has 1 amide bonds. The van der Waals surface area contributed by atoms with Gasteiger partial charge in [0.2, 0.25) is 5.90 Å². The first-order valence-corrected chi connectivity index (χ1v) is 9.99. The number of imidazole rings is 1. The fourth-order valence-electron chi connectivity index (χ4n) is 3.23. The molecule has 3 aromatic rings. The van der Waals surface area contributed by atoms with E-state index in [2.05, 4.69) is 9.98 Å². The van der Waals surface area contributed by atoms with Gasteiger partial charge in [-0.1, -0.05) is 12.1 Å². The summed E-state index contributed by atoms with van der Waals surface area (Å²) in [5, 5.41) is -0.275. The lowest BCUT2D eigenvalue weighted by atomic mass is 10.1. The zero-order chi connectivity index (χ0) is 20.4. The molecule has 1 unspecified atom stereocenters. The monoisotopic (exact) mass is 411 g/mol. The van der Waals surface area contributed by atoms with Crippen molar-refractivity contribution in [3.8, 4) is 11.5 Å². The van der Waals surface area contributed by atoms with Crippen molar-refractivity contribution in [3.63, 3.8) is 0 Å². The third kappa shape index (κ3) is 4.07. The van der Waals surface area contributed by atoms with E-state index in [0.29, 0.717) is 18.9 Å². The highest BCUT2D eigenvalue weighted by atomic mass is 32.2. The van der Waals surface area contributed by atoms with Crippen molar-refractivity contribution in [3.05, 3.63) is 53.9 Å². The summed E-state index contributed by atoms with van der Waals surface area (Å²) in [6.07, 6.45) is 0.677. The predicted molar refractivity (Wildman–Crippen MR) is 113 cm³/mol. The van der Waals surface area contributed by atoms with Crippen LogP contribution in [0.5, 0.6) is 11.5 Å². The minimum absolute atomic E-state index is 0.0729. The maximum atomic E-state index is 11.5. The molecular formula is C21H21N3O4S. The van der Waals surface area contributed by atoms with Crippen molar-refractivity contribution < 1.29 is 19.0 Å². The lowest BCUT2D eigenvalue weighted by molar-refractivity contribution is 0.267. The number of amides is 1. The fraction of sp³-hybridized carbons (Fsp3) is 0.286. The van der Waals surface area contributed by atoms with Crippen LogP contribution in [0.2, 0.25) is 0 Å². The molecule has 150 valence electrons. The smallest absolute Gasteiger partial charge is 0.308 e. The molecule has 29 heavy (non-hydrogen) atoms. The highest BCUT2D eigenvalue weighted by Gasteiger charge is 2.29. The van der Waals surface area contributed by atoms with Crippen molar-refractivity contribution in [2.24, 2.45) is 12.0 Å². The second-order valence-corrected chi connectivity index (χ2v) is 7.76. The number of carbonyl (C=O) groups excluding carboxylic acids is 1. The Kier molecular flexibility index (Phi) is 5.44. The Morgan fingerprint density at radius 2 is 1.83 bits per heavy atom. The van der Waals surface area contributed by atoms with E-state index in [4.69, 9.17) is 14.2 Å². The number of methoxy groups -OCH3 is 2. The number of benzene rings is 2. The van der Waals surface area contributed by atoms with Gasteiger partial charge in [0, 0.05) is 13.1 Å². The van der Waals surface area contributed by atoms with Gasteiger partial charge in [0.1, 0.15) is 23.9 Å². The molecule has 0 saturated carbocycles. The maximum absolute atomic E-state index is 11.5. The summed E-state index contributed by atoms with van der Waals surface area (Å²) in [6.45, 7) is 0.361. The number of thioether (sulfide) groups is 1. The molecule has 8 heteroatoms. The zero-order valence-electron chi connectivity index (χ0n) is 16.4. The van der Waals surface area contributed by atoms with E-state index in [1.165, 1.54) is 11.8 Å². The van der Waals surface area contributed by atoms with Crippen LogP contribution >= 0.6 is 11.8 Å². The first-order chi connectivity index (χ1) is 14.1. The molecular weight excluding hydrogens is 390 g/mol. The van der Waals surface area contributed by atoms with Crippen molar-refractivity contribution in [1.29, 1.82) is 0 Å². The van der Waals surface area contributed by atoms with Crippen molar-refractivity contribution in [2.75, 3.05) is 14.2 Å². The molecule has 4 rings (SSSR count). The number of aromatic nitrogens is 2. The minimum Gasteiger partial charge on any atom is -0.497 e. The largest absolute Gasteiger partial charge is 0.497 e. The quantitative estimate of drug-likeness (QED) is 0.611. The number of aliphatic imine (C=N–C) groups is 1. The fourth-order valence-corrected chi connectivity index (χ4v) is 4.14. The lowest BCUT2D eigenvalue weighted by Gasteiger charge is -2.11. The van der Waals surface area contributed by atoms with Crippen LogP contribution in [0.3, 0.4) is 0 Å². The van der Waals surface area contributed by atoms with Crippen LogP contribution in [0, 0.1) is 0 Å². The van der Waals surface area contributed by atoms with Gasteiger partial charge in [-0.25, -0.2) is 4.98 Å². The van der Waals surface area contributed by atoms with Gasteiger partial charge in [0.25, 0.3) is 0 Å². The van der Waals surface area contributed by atoms with E-state index in [1.54, 1.807) is 14.2 Å². The summed E-state index contributed by atoms with van der Waals surface area (Å²) in [6, 6.07) is 13.6. The van der Waals surface area contributed by atoms with E-state index < -0.39 is 0 Å². The van der Waals surface area contributed by atoms with Crippen LogP contribution < -0.4 is 9.47 Å². The third-order valence-corrected chi connectivity index (χ3v) is 5.77. The van der Waals surface area contributed by atoms with Gasteiger partial charge in [-0.15, -0.1) is 0 Å². The van der Waals surface area contributed by atoms with Gasteiger partial charge in [-0.3, -0.25) is 4.79 Å². The Hall–Kier alpha value is -3.00. The Labute approximate surface area is 172 Å². The van der Waals surface area contributed by atoms with E-state index in [-0.39, 0.29) is 10.5 Å². The Morgan fingerprint density at radius 3 is 2.55 bits per heavy atom. The average Bonchev–Trinajstić information content (AvgIpc) is 3.26. The lowest BCUT2D eigenvalue weighted by Crippen LogP contribution is -2.17. The molecule has 0 saturated heterocycles. The van der Waals surface area contributed by atoms with Crippen molar-refractivity contribution in [2.45, 2.75) is 18.3 Å². The number of ether oxygens (including phenoxy) is 3. The predicted octanol–water partition coefficient (Wildman–Crippen LogP) is 3.98. The van der Waals surface area contributed by atoms with E-state index >= 15 is 0 Å². The third-order valence-electron chi connectivity index (χ3n) is 4.82. The second kappa shape index (κ2) is 8.16. The molecule has 0 spiro atoms. The van der Waals surface area contributed by atoms with E-state index in [1.807, 2.05) is 54.1 Å². The molecule has 0 fully saturated rings. The van der Waals surface area contributed by atoms with Gasteiger partial charge < -0.3 is 18.8 Å². The topological polar surface area (TPSA) is 74.9 Å². The molecule has 0 N–H and O–H groups in total. The highest BCUT2D eigenvalue weighted by Crippen LogP contribution is 2.27. The van der Waals surface area contributed by atoms with E-state index in [9.17, 15) is 4.79 Å². The standard InChI is InChI=1S/C21H21N3O4S/c1-24-17-11-15(26-2)8-9-16(17)22-19(24)12-28-14-6-4-13(5-7-14)10-18-20(27-3)23-21(25)29-18/h4-9,11,18H,10,12H2,1-3H3. The number of carbonyl (C=O) groups is 1. The zero-order valence-corrected chi connectivity index (χ0v) is 17.2. The van der Waals surface area contributed by atoms with Crippen LogP contribution in [-0.2, 0) is 24.8 Å². The number of hydrogen-bond acceptors (Lipinski definition) is 6. The van der Waals surface area contributed by atoms with Crippen LogP contribution in [0.1, 0.15) is 11.4 Å². The van der Waals surface area contributed by atoms with Crippen LogP contribution in [0.25, 0.3) is 11.0 Å². The first kappa shape index (κ1) is 19.3. The summed E-state index contributed by atoms with van der Waals surface area (Å²) in [4.78, 5) is 20.0. The summed E-state index contributed by atoms with van der Waals surface area (Å²) in [5.74, 6) is 2.87. The molecule has 0 bridgehead atoms. The van der Waals surface area contributed by atoms with Crippen molar-refractivity contribution >= 4 is 33.9 Å². The van der Waals surface area contributed by atoms with Crippen LogP contribution in [-0.4, -0.2) is 40.2 Å². The number of fused-ring (bicyclic) bond motifs is 1. The Balaban J connectivity index is 1.41. The molecule has 2 heterocycles. The Morgan fingerprint density at radius 1 is 1.07 bits per heavy atom. The summed E-state index contributed by atoms with van der Waals surface area (Å²) < 4.78 is 18.4.